The van der Waals surface area contributed by atoms with Gasteiger partial charge in [-0.3, -0.25) is 0 Å². The van der Waals surface area contributed by atoms with Gasteiger partial charge in [0.05, 0.1) is 6.10 Å². The van der Waals surface area contributed by atoms with Crippen molar-refractivity contribution in [3.63, 3.8) is 0 Å². The van der Waals surface area contributed by atoms with E-state index in [1.54, 1.807) is 6.07 Å². The first-order valence-electron chi connectivity index (χ1n) is 7.80. The second-order valence-corrected chi connectivity index (χ2v) is 7.06. The molecule has 0 saturated heterocycles. The lowest BCUT2D eigenvalue weighted by molar-refractivity contribution is 0.0251. The third-order valence-corrected chi connectivity index (χ3v) is 6.13. The molecule has 4 atom stereocenters. The van der Waals surface area contributed by atoms with Crippen LogP contribution in [0.25, 0.3) is 5.57 Å². The second-order valence-electron chi connectivity index (χ2n) is 7.06. The molecule has 1 aromatic carbocycles. The molecule has 106 valence electrons. The summed E-state index contributed by atoms with van der Waals surface area (Å²) < 4.78 is 0. The van der Waals surface area contributed by atoms with Crippen LogP contribution in [-0.4, -0.2) is 16.3 Å². The Bertz CT molecular complexity index is 589. The fourth-order valence-electron chi connectivity index (χ4n) is 4.94. The predicted octanol–water partition coefficient (Wildman–Crippen LogP) is 3.52. The zero-order valence-electron chi connectivity index (χ0n) is 12.0. The van der Waals surface area contributed by atoms with Gasteiger partial charge >= 0.3 is 0 Å². The Hall–Kier alpha value is -1.28. The van der Waals surface area contributed by atoms with E-state index in [-0.39, 0.29) is 11.5 Å². The van der Waals surface area contributed by atoms with Crippen molar-refractivity contribution in [1.82, 2.24) is 0 Å². The number of hydrogen-bond acceptors (Lipinski definition) is 2. The molecule has 0 amide bonds. The van der Waals surface area contributed by atoms with E-state index in [4.69, 9.17) is 0 Å². The molecule has 1 fully saturated rings. The van der Waals surface area contributed by atoms with Gasteiger partial charge in [-0.05, 0) is 72.8 Å². The molecule has 1 aromatic rings. The van der Waals surface area contributed by atoms with Gasteiger partial charge in [0.2, 0.25) is 0 Å². The number of aromatic hydroxyl groups is 1. The van der Waals surface area contributed by atoms with Crippen LogP contribution in [0.2, 0.25) is 0 Å². The average molecular weight is 270 g/mol. The maximum atomic E-state index is 10.3. The molecular weight excluding hydrogens is 248 g/mol. The molecule has 3 aliphatic rings. The molecule has 0 aliphatic heterocycles. The number of fused-ring (bicyclic) bond motifs is 5. The van der Waals surface area contributed by atoms with Gasteiger partial charge in [0.25, 0.3) is 0 Å². The minimum atomic E-state index is -0.133. The standard InChI is InChI=1S/C18H22O2/c1-18-9-8-14-13-5-3-12(19)10-11(13)2-4-15(14)16(18)6-7-17(18)20/h3,5,8,10,15-17,19-20H,2,4,6-7,9H2,1H3/t15-,16+,17-,18+/m0/s1. The molecular formula is C18H22O2. The normalized spacial score (nSPS) is 38.7. The van der Waals surface area contributed by atoms with E-state index in [2.05, 4.69) is 19.1 Å². The molecule has 2 heteroatoms. The van der Waals surface area contributed by atoms with Crippen molar-refractivity contribution in [2.24, 2.45) is 17.3 Å². The Morgan fingerprint density at radius 2 is 2.05 bits per heavy atom. The first kappa shape index (κ1) is 12.5. The summed E-state index contributed by atoms with van der Waals surface area (Å²) in [6.07, 6.45) is 7.56. The number of rotatable bonds is 0. The molecule has 2 N–H and O–H groups in total. The molecule has 20 heavy (non-hydrogen) atoms. The number of aryl methyl sites for hydroxylation is 1. The summed E-state index contributed by atoms with van der Waals surface area (Å²) in [5.41, 5.74) is 4.18. The Kier molecular flexibility index (Phi) is 2.56. The highest BCUT2D eigenvalue weighted by Crippen LogP contribution is 2.58. The third-order valence-electron chi connectivity index (χ3n) is 6.13. The highest BCUT2D eigenvalue weighted by molar-refractivity contribution is 5.73. The lowest BCUT2D eigenvalue weighted by atomic mass is 9.60. The van der Waals surface area contributed by atoms with Crippen LogP contribution >= 0.6 is 0 Å². The van der Waals surface area contributed by atoms with Gasteiger partial charge in [-0.2, -0.15) is 0 Å². The minimum Gasteiger partial charge on any atom is -0.508 e. The van der Waals surface area contributed by atoms with Gasteiger partial charge in [-0.15, -0.1) is 0 Å². The van der Waals surface area contributed by atoms with Crippen molar-refractivity contribution in [3.8, 4) is 5.75 Å². The number of phenols is 1. The molecule has 2 nitrogen and oxygen atoms in total. The van der Waals surface area contributed by atoms with Crippen LogP contribution in [0.4, 0.5) is 0 Å². The van der Waals surface area contributed by atoms with E-state index in [0.717, 1.165) is 32.1 Å². The van der Waals surface area contributed by atoms with Crippen molar-refractivity contribution in [2.75, 3.05) is 0 Å². The zero-order chi connectivity index (χ0) is 13.9. The summed E-state index contributed by atoms with van der Waals surface area (Å²) in [7, 11) is 0. The van der Waals surface area contributed by atoms with Crippen LogP contribution in [0.3, 0.4) is 0 Å². The van der Waals surface area contributed by atoms with E-state index in [0.29, 0.717) is 17.6 Å². The smallest absolute Gasteiger partial charge is 0.115 e. The van der Waals surface area contributed by atoms with Crippen LogP contribution in [0, 0.1) is 17.3 Å². The molecule has 0 radical (unpaired) electrons. The van der Waals surface area contributed by atoms with E-state index in [9.17, 15) is 10.2 Å². The van der Waals surface area contributed by atoms with Gasteiger partial charge < -0.3 is 10.2 Å². The molecule has 0 heterocycles. The molecule has 0 unspecified atom stereocenters. The van der Waals surface area contributed by atoms with Crippen LogP contribution in [0.15, 0.2) is 24.3 Å². The summed E-state index contributed by atoms with van der Waals surface area (Å²) in [6.45, 7) is 2.27. The van der Waals surface area contributed by atoms with Crippen LogP contribution in [0.5, 0.6) is 5.75 Å². The summed E-state index contributed by atoms with van der Waals surface area (Å²) >= 11 is 0. The predicted molar refractivity (Wildman–Crippen MR) is 79.3 cm³/mol. The Labute approximate surface area is 120 Å². The molecule has 1 saturated carbocycles. The summed E-state index contributed by atoms with van der Waals surface area (Å²) in [4.78, 5) is 0. The Morgan fingerprint density at radius 1 is 1.20 bits per heavy atom. The number of hydrogen-bond donors (Lipinski definition) is 2. The lowest BCUT2D eigenvalue weighted by Gasteiger charge is -2.45. The Morgan fingerprint density at radius 3 is 2.90 bits per heavy atom. The Balaban J connectivity index is 1.79. The summed E-state index contributed by atoms with van der Waals surface area (Å²) in [5, 5.41) is 20.0. The van der Waals surface area contributed by atoms with Crippen molar-refractivity contribution >= 4 is 5.57 Å². The molecule has 4 rings (SSSR count). The monoisotopic (exact) mass is 270 g/mol. The van der Waals surface area contributed by atoms with E-state index in [1.165, 1.54) is 16.7 Å². The van der Waals surface area contributed by atoms with E-state index < -0.39 is 0 Å². The van der Waals surface area contributed by atoms with Gasteiger partial charge in [0.15, 0.2) is 0 Å². The highest BCUT2D eigenvalue weighted by atomic mass is 16.3. The van der Waals surface area contributed by atoms with Crippen LogP contribution in [-0.2, 0) is 6.42 Å². The van der Waals surface area contributed by atoms with Gasteiger partial charge in [-0.25, -0.2) is 0 Å². The minimum absolute atomic E-state index is 0.0859. The first-order chi connectivity index (χ1) is 9.59. The highest BCUT2D eigenvalue weighted by Gasteiger charge is 2.51. The van der Waals surface area contributed by atoms with Crippen molar-refractivity contribution < 1.29 is 10.2 Å². The molecule has 0 aromatic heterocycles. The lowest BCUT2D eigenvalue weighted by Crippen LogP contribution is -2.39. The summed E-state index contributed by atoms with van der Waals surface area (Å²) in [5.74, 6) is 1.60. The maximum Gasteiger partial charge on any atom is 0.115 e. The maximum absolute atomic E-state index is 10.3. The first-order valence-corrected chi connectivity index (χ1v) is 7.80. The van der Waals surface area contributed by atoms with Crippen LogP contribution in [0.1, 0.15) is 43.7 Å². The topological polar surface area (TPSA) is 40.5 Å². The molecule has 3 aliphatic carbocycles. The van der Waals surface area contributed by atoms with E-state index in [1.807, 2.05) is 6.07 Å². The average Bonchev–Trinajstić information content (AvgIpc) is 2.74. The number of allylic oxidation sites excluding steroid dienone is 2. The number of phenolic OH excluding ortho intramolecular Hbond substituents is 1. The number of aliphatic hydroxyl groups excluding tert-OH is 1. The van der Waals surface area contributed by atoms with Crippen molar-refractivity contribution in [1.29, 1.82) is 0 Å². The van der Waals surface area contributed by atoms with Gasteiger partial charge in [-0.1, -0.05) is 19.1 Å². The van der Waals surface area contributed by atoms with Crippen LogP contribution < -0.4 is 0 Å². The zero-order valence-corrected chi connectivity index (χ0v) is 12.0. The fourth-order valence-corrected chi connectivity index (χ4v) is 4.94. The van der Waals surface area contributed by atoms with Gasteiger partial charge in [0, 0.05) is 5.41 Å². The molecule has 0 bridgehead atoms. The molecule has 0 spiro atoms. The second kappa shape index (κ2) is 4.11. The summed E-state index contributed by atoms with van der Waals surface area (Å²) in [6, 6.07) is 5.81. The van der Waals surface area contributed by atoms with Gasteiger partial charge in [0.1, 0.15) is 5.75 Å². The van der Waals surface area contributed by atoms with Crippen molar-refractivity contribution in [2.45, 2.75) is 45.1 Å². The van der Waals surface area contributed by atoms with Crippen molar-refractivity contribution in [3.05, 3.63) is 35.4 Å². The van der Waals surface area contributed by atoms with E-state index >= 15 is 0 Å². The quantitative estimate of drug-likeness (QED) is 0.757. The third kappa shape index (κ3) is 1.54. The number of benzene rings is 1. The number of aliphatic hydroxyl groups is 1. The largest absolute Gasteiger partial charge is 0.508 e. The fraction of sp³-hybridized carbons (Fsp3) is 0.556. The SMILES string of the molecule is C[C@@]12CC=C3c4ccc(O)cc4CC[C@@H]3[C@H]1CC[C@@H]2O.